The molecule has 0 spiro atoms. The zero-order valence-electron chi connectivity index (χ0n) is 8.74. The molecule has 2 nitrogen and oxygen atoms in total. The van der Waals surface area contributed by atoms with Crippen molar-refractivity contribution in [2.75, 3.05) is 0 Å². The summed E-state index contributed by atoms with van der Waals surface area (Å²) >= 11 is 9.34. The van der Waals surface area contributed by atoms with Crippen molar-refractivity contribution in [2.24, 2.45) is 5.73 Å². The second-order valence-electron chi connectivity index (χ2n) is 3.28. The molecular formula is C11H11ClN2S2. The van der Waals surface area contributed by atoms with Crippen molar-refractivity contribution >= 4 is 34.7 Å². The van der Waals surface area contributed by atoms with Crippen LogP contribution in [0.5, 0.6) is 0 Å². The first-order chi connectivity index (χ1) is 7.70. The van der Waals surface area contributed by atoms with Crippen LogP contribution in [0.3, 0.4) is 0 Å². The van der Waals surface area contributed by atoms with Crippen molar-refractivity contribution in [3.8, 4) is 0 Å². The van der Waals surface area contributed by atoms with Crippen molar-refractivity contribution in [3.05, 3.63) is 39.9 Å². The molecule has 0 aliphatic rings. The van der Waals surface area contributed by atoms with Crippen LogP contribution >= 0.6 is 34.7 Å². The van der Waals surface area contributed by atoms with Crippen LogP contribution in [0.1, 0.15) is 11.3 Å². The molecule has 0 radical (unpaired) electrons. The van der Waals surface area contributed by atoms with Crippen LogP contribution in [0.2, 0.25) is 5.02 Å². The Morgan fingerprint density at radius 2 is 2.31 bits per heavy atom. The summed E-state index contributed by atoms with van der Waals surface area (Å²) in [6.07, 6.45) is 0. The monoisotopic (exact) mass is 270 g/mol. The molecule has 5 heteroatoms. The van der Waals surface area contributed by atoms with Gasteiger partial charge in [0.05, 0.1) is 0 Å². The van der Waals surface area contributed by atoms with Gasteiger partial charge in [-0.15, -0.1) is 11.3 Å². The lowest BCUT2D eigenvalue weighted by Gasteiger charge is -2.06. The maximum absolute atomic E-state index is 6.09. The standard InChI is InChI=1S/C11H11ClN2S2/c1-7-6-15-11(14-7)16-10-4-2-3-9(12)8(10)5-13/h2-4,6H,5,13H2,1H3. The number of thiazole rings is 1. The highest BCUT2D eigenvalue weighted by atomic mass is 35.5. The van der Waals surface area contributed by atoms with Crippen LogP contribution in [-0.2, 0) is 6.54 Å². The van der Waals surface area contributed by atoms with E-state index < -0.39 is 0 Å². The second-order valence-corrected chi connectivity index (χ2v) is 5.83. The molecule has 84 valence electrons. The average molecular weight is 271 g/mol. The number of nitrogens with two attached hydrogens (primary N) is 1. The number of halogens is 1. The maximum atomic E-state index is 6.09. The fourth-order valence-electron chi connectivity index (χ4n) is 1.31. The molecule has 0 amide bonds. The molecule has 2 aromatic rings. The van der Waals surface area contributed by atoms with Crippen LogP contribution in [0, 0.1) is 6.92 Å². The fraction of sp³-hybridized carbons (Fsp3) is 0.182. The quantitative estimate of drug-likeness (QED) is 0.924. The van der Waals surface area contributed by atoms with Gasteiger partial charge < -0.3 is 5.73 Å². The number of rotatable bonds is 3. The third-order valence-corrected chi connectivity index (χ3v) is 4.59. The van der Waals surface area contributed by atoms with Gasteiger partial charge in [-0.2, -0.15) is 0 Å². The predicted octanol–water partition coefficient (Wildman–Crippen LogP) is 3.71. The Labute approximate surface area is 108 Å². The summed E-state index contributed by atoms with van der Waals surface area (Å²) in [6.45, 7) is 2.44. The minimum atomic E-state index is 0.451. The molecule has 0 fully saturated rings. The normalized spacial score (nSPS) is 10.7. The Morgan fingerprint density at radius 1 is 1.50 bits per heavy atom. The van der Waals surface area contributed by atoms with Crippen LogP contribution in [0.25, 0.3) is 0 Å². The highest BCUT2D eigenvalue weighted by Gasteiger charge is 2.08. The number of hydrogen-bond donors (Lipinski definition) is 1. The Kier molecular flexibility index (Phi) is 3.86. The zero-order chi connectivity index (χ0) is 11.5. The van der Waals surface area contributed by atoms with E-state index in [4.69, 9.17) is 17.3 Å². The predicted molar refractivity (Wildman–Crippen MR) is 70.3 cm³/mol. The van der Waals surface area contributed by atoms with Gasteiger partial charge in [0.1, 0.15) is 0 Å². The van der Waals surface area contributed by atoms with Gasteiger partial charge in [0, 0.05) is 27.5 Å². The molecule has 1 aromatic carbocycles. The first-order valence-electron chi connectivity index (χ1n) is 4.78. The Bertz CT molecular complexity index is 496. The van der Waals surface area contributed by atoms with Crippen LogP contribution in [0.4, 0.5) is 0 Å². The molecule has 1 aromatic heterocycles. The lowest BCUT2D eigenvalue weighted by Crippen LogP contribution is -1.99. The van der Waals surface area contributed by atoms with E-state index in [1.54, 1.807) is 23.1 Å². The molecule has 0 saturated carbocycles. The van der Waals surface area contributed by atoms with E-state index in [2.05, 4.69) is 4.98 Å². The Hall–Kier alpha value is -0.550. The molecule has 1 heterocycles. The molecule has 0 saturated heterocycles. The smallest absolute Gasteiger partial charge is 0.154 e. The van der Waals surface area contributed by atoms with E-state index in [0.717, 1.165) is 25.5 Å². The number of nitrogens with zero attached hydrogens (tertiary/aromatic N) is 1. The molecule has 0 aliphatic carbocycles. The second kappa shape index (κ2) is 5.19. The van der Waals surface area contributed by atoms with Crippen molar-refractivity contribution in [1.29, 1.82) is 0 Å². The summed E-state index contributed by atoms with van der Waals surface area (Å²) in [5, 5.41) is 2.76. The first-order valence-corrected chi connectivity index (χ1v) is 6.85. The topological polar surface area (TPSA) is 38.9 Å². The van der Waals surface area contributed by atoms with Gasteiger partial charge in [-0.05, 0) is 24.6 Å². The molecule has 16 heavy (non-hydrogen) atoms. The first kappa shape index (κ1) is 11.9. The maximum Gasteiger partial charge on any atom is 0.154 e. The number of benzene rings is 1. The molecule has 0 bridgehead atoms. The Morgan fingerprint density at radius 3 is 2.94 bits per heavy atom. The highest BCUT2D eigenvalue weighted by Crippen LogP contribution is 2.34. The van der Waals surface area contributed by atoms with Gasteiger partial charge in [0.25, 0.3) is 0 Å². The summed E-state index contributed by atoms with van der Waals surface area (Å²) in [4.78, 5) is 5.50. The van der Waals surface area contributed by atoms with Gasteiger partial charge in [-0.25, -0.2) is 4.98 Å². The van der Waals surface area contributed by atoms with E-state index in [9.17, 15) is 0 Å². The van der Waals surface area contributed by atoms with Gasteiger partial charge in [-0.3, -0.25) is 0 Å². The molecule has 2 N–H and O–H groups in total. The molecule has 0 atom stereocenters. The third kappa shape index (κ3) is 2.58. The van der Waals surface area contributed by atoms with E-state index >= 15 is 0 Å². The van der Waals surface area contributed by atoms with Gasteiger partial charge in [0.15, 0.2) is 4.34 Å². The summed E-state index contributed by atoms with van der Waals surface area (Å²) in [5.41, 5.74) is 7.73. The van der Waals surface area contributed by atoms with Crippen molar-refractivity contribution in [3.63, 3.8) is 0 Å². The fourth-order valence-corrected chi connectivity index (χ4v) is 3.58. The van der Waals surface area contributed by atoms with Gasteiger partial charge in [-0.1, -0.05) is 29.4 Å². The minimum Gasteiger partial charge on any atom is -0.326 e. The van der Waals surface area contributed by atoms with E-state index in [1.165, 1.54) is 0 Å². The SMILES string of the molecule is Cc1csc(Sc2cccc(Cl)c2CN)n1. The summed E-state index contributed by atoms with van der Waals surface area (Å²) < 4.78 is 1.02. The molecule has 2 rings (SSSR count). The number of hydrogen-bond acceptors (Lipinski definition) is 4. The van der Waals surface area contributed by atoms with E-state index in [0.29, 0.717) is 6.54 Å². The van der Waals surface area contributed by atoms with Crippen molar-refractivity contribution < 1.29 is 0 Å². The largest absolute Gasteiger partial charge is 0.326 e. The van der Waals surface area contributed by atoms with Crippen LogP contribution in [-0.4, -0.2) is 4.98 Å². The van der Waals surface area contributed by atoms with E-state index in [1.807, 2.05) is 30.5 Å². The number of aromatic nitrogens is 1. The molecule has 0 unspecified atom stereocenters. The van der Waals surface area contributed by atoms with Crippen LogP contribution in [0.15, 0.2) is 32.8 Å². The summed E-state index contributed by atoms with van der Waals surface area (Å²) in [6, 6.07) is 5.82. The Balaban J connectivity index is 2.30. The average Bonchev–Trinajstić information content (AvgIpc) is 2.64. The van der Waals surface area contributed by atoms with Crippen molar-refractivity contribution in [2.45, 2.75) is 22.7 Å². The third-order valence-electron chi connectivity index (χ3n) is 2.08. The van der Waals surface area contributed by atoms with Gasteiger partial charge in [0.2, 0.25) is 0 Å². The number of aryl methyl sites for hydroxylation is 1. The zero-order valence-corrected chi connectivity index (χ0v) is 11.1. The van der Waals surface area contributed by atoms with Crippen molar-refractivity contribution in [1.82, 2.24) is 4.98 Å². The summed E-state index contributed by atoms with van der Waals surface area (Å²) in [7, 11) is 0. The lowest BCUT2D eigenvalue weighted by molar-refractivity contribution is 1.03. The van der Waals surface area contributed by atoms with Gasteiger partial charge >= 0.3 is 0 Å². The lowest BCUT2D eigenvalue weighted by atomic mass is 10.2. The highest BCUT2D eigenvalue weighted by molar-refractivity contribution is 8.01. The minimum absolute atomic E-state index is 0.451. The summed E-state index contributed by atoms with van der Waals surface area (Å²) in [5.74, 6) is 0. The molecular weight excluding hydrogens is 260 g/mol. The molecule has 0 aliphatic heterocycles. The van der Waals surface area contributed by atoms with Crippen LogP contribution < -0.4 is 5.73 Å². The van der Waals surface area contributed by atoms with E-state index in [-0.39, 0.29) is 0 Å².